The molecule has 0 aromatic heterocycles. The van der Waals surface area contributed by atoms with Gasteiger partial charge in [-0.05, 0) is 96.8 Å². The first kappa shape index (κ1) is 40.8. The van der Waals surface area contributed by atoms with E-state index in [1.54, 1.807) is 24.3 Å². The van der Waals surface area contributed by atoms with Crippen molar-refractivity contribution >= 4 is 47.3 Å². The van der Waals surface area contributed by atoms with E-state index in [1.807, 2.05) is 71.9 Å². The molecule has 4 aromatic carbocycles. The van der Waals surface area contributed by atoms with Gasteiger partial charge in [-0.1, -0.05) is 36.4 Å². The van der Waals surface area contributed by atoms with Gasteiger partial charge in [0.1, 0.15) is 17.2 Å². The quantitative estimate of drug-likeness (QED) is 0.102. The van der Waals surface area contributed by atoms with E-state index in [-0.39, 0.29) is 26.6 Å². The predicted molar refractivity (Wildman–Crippen MR) is 199 cm³/mol. The molecule has 5 rings (SSSR count). The van der Waals surface area contributed by atoms with E-state index < -0.39 is 35.2 Å². The van der Waals surface area contributed by atoms with Crippen molar-refractivity contribution in [2.75, 3.05) is 18.0 Å². The van der Waals surface area contributed by atoms with Gasteiger partial charge in [0, 0.05) is 48.1 Å². The van der Waals surface area contributed by atoms with Gasteiger partial charge in [0.2, 0.25) is 0 Å². The summed E-state index contributed by atoms with van der Waals surface area (Å²) in [6.45, 7) is 5.99. The summed E-state index contributed by atoms with van der Waals surface area (Å²) in [5.41, 5.74) is 5.13. The lowest BCUT2D eigenvalue weighted by Gasteiger charge is -2.24. The van der Waals surface area contributed by atoms with Gasteiger partial charge < -0.3 is 15.5 Å². The smallest absolute Gasteiger partial charge is 0.295 e. The van der Waals surface area contributed by atoms with Crippen LogP contribution in [0.25, 0.3) is 5.57 Å². The zero-order chi connectivity index (χ0) is 37.8. The Bertz CT molecular complexity index is 2420. The number of phenolic OH excluding ortho intramolecular Hbond substituents is 1. The van der Waals surface area contributed by atoms with Crippen LogP contribution < -0.4 is 4.90 Å². The first-order chi connectivity index (χ1) is 24.5. The van der Waals surface area contributed by atoms with Gasteiger partial charge in [-0.3, -0.25) is 13.7 Å². The molecular formula is C37H38N2O11S3. The minimum Gasteiger partial charge on any atom is -0.870 e. The highest BCUT2D eigenvalue weighted by Gasteiger charge is 2.23. The van der Waals surface area contributed by atoms with Crippen LogP contribution in [-0.2, 0) is 43.4 Å². The average Bonchev–Trinajstić information content (AvgIpc) is 3.10. The van der Waals surface area contributed by atoms with E-state index in [0.717, 1.165) is 28.6 Å². The molecule has 13 nitrogen and oxygen atoms in total. The Morgan fingerprint density at radius 2 is 1.19 bits per heavy atom. The Kier molecular flexibility index (Phi) is 12.6. The van der Waals surface area contributed by atoms with Crippen molar-refractivity contribution in [2.45, 2.75) is 41.6 Å². The molecule has 53 heavy (non-hydrogen) atoms. The van der Waals surface area contributed by atoms with Gasteiger partial charge in [0.15, 0.2) is 12.3 Å². The van der Waals surface area contributed by atoms with Crippen LogP contribution in [0.15, 0.2) is 136 Å². The summed E-state index contributed by atoms with van der Waals surface area (Å²) in [5, 5.41) is 10.1. The van der Waals surface area contributed by atoms with E-state index >= 15 is 0 Å². The average molecular weight is 783 g/mol. The molecule has 4 aromatic rings. The van der Waals surface area contributed by atoms with Crippen molar-refractivity contribution < 1.29 is 54.1 Å². The fraction of sp³-hybridized carbons (Fsp3) is 0.162. The highest BCUT2D eigenvalue weighted by molar-refractivity contribution is 7.86. The molecule has 5 N–H and O–H groups in total. The maximum atomic E-state index is 12.6. The van der Waals surface area contributed by atoms with Crippen LogP contribution in [0.1, 0.15) is 36.1 Å². The van der Waals surface area contributed by atoms with Crippen LogP contribution in [0.3, 0.4) is 0 Å². The molecule has 16 heteroatoms. The highest BCUT2D eigenvalue weighted by atomic mass is 32.2. The molecular weight excluding hydrogens is 745 g/mol. The highest BCUT2D eigenvalue weighted by Crippen LogP contribution is 2.36. The predicted octanol–water partition coefficient (Wildman–Crippen LogP) is 5.58. The van der Waals surface area contributed by atoms with Gasteiger partial charge in [0.05, 0.1) is 9.79 Å². The fourth-order valence-corrected chi connectivity index (χ4v) is 7.51. The van der Waals surface area contributed by atoms with Gasteiger partial charge >= 0.3 is 0 Å². The fourth-order valence-electron chi connectivity index (χ4n) is 5.83. The summed E-state index contributed by atoms with van der Waals surface area (Å²) in [5.74, 6) is -0.340. The third kappa shape index (κ3) is 9.94. The van der Waals surface area contributed by atoms with Gasteiger partial charge in [0.25, 0.3) is 30.4 Å². The van der Waals surface area contributed by atoms with Crippen molar-refractivity contribution in [1.29, 1.82) is 0 Å². The molecule has 0 saturated carbocycles. The number of nitrogens with zero attached hydrogens (tertiary/aromatic N) is 2. The third-order valence-electron chi connectivity index (χ3n) is 8.51. The molecule has 0 bridgehead atoms. The summed E-state index contributed by atoms with van der Waals surface area (Å²) in [7, 11) is -13.4. The summed E-state index contributed by atoms with van der Waals surface area (Å²) in [4.78, 5) is 1.17. The number of hydrogen-bond acceptors (Lipinski definition) is 9. The van der Waals surface area contributed by atoms with E-state index in [0.29, 0.717) is 42.9 Å². The maximum Gasteiger partial charge on any atom is 0.295 e. The Hall–Kier alpha value is -4.94. The topological polar surface area (TPSA) is 220 Å². The van der Waals surface area contributed by atoms with E-state index in [2.05, 4.69) is 0 Å². The van der Waals surface area contributed by atoms with Crippen LogP contribution in [0, 0.1) is 0 Å². The van der Waals surface area contributed by atoms with Crippen LogP contribution in [0.2, 0.25) is 0 Å². The minimum atomic E-state index is -4.77. The molecule has 0 spiro atoms. The maximum absolute atomic E-state index is 12.6. The van der Waals surface area contributed by atoms with Crippen molar-refractivity contribution in [3.8, 4) is 5.75 Å². The lowest BCUT2D eigenvalue weighted by atomic mass is 9.90. The zero-order valence-corrected chi connectivity index (χ0v) is 31.1. The summed E-state index contributed by atoms with van der Waals surface area (Å²) in [6, 6.07) is 22.9. The molecule has 0 aliphatic heterocycles. The monoisotopic (exact) mass is 782 g/mol. The summed E-state index contributed by atoms with van der Waals surface area (Å²) < 4.78 is 102. The molecule has 280 valence electrons. The normalized spacial score (nSPS) is 13.1. The number of benzene rings is 4. The number of rotatable bonds is 12. The molecule has 0 saturated heterocycles. The van der Waals surface area contributed by atoms with Crippen molar-refractivity contribution in [3.05, 3.63) is 143 Å². The number of hydrogen-bond donors (Lipinski definition) is 4. The largest absolute Gasteiger partial charge is 0.870 e. The standard InChI is InChI=1S/C37H36N2O10S3.H2O/c1-3-38(24-26-5-18-33(19-6-26)50(41,42)43)30-13-9-28(10-14-30)37(35-22-17-32(40)23-36(35)52(47,48)49)29-11-15-31(16-12-29)39(4-2)25-27-7-20-34(21-8-27)51(44,45)46;/h5-23H,3-4,24-25H2,1-2H3,(H3,41,42,43,44,45,46,47,48,49);1H2. The Labute approximate surface area is 308 Å². The molecule has 0 fully saturated rings. The van der Waals surface area contributed by atoms with E-state index in [1.165, 1.54) is 36.4 Å². The molecule has 1 aliphatic rings. The van der Waals surface area contributed by atoms with Crippen molar-refractivity contribution in [2.24, 2.45) is 0 Å². The molecule has 0 atom stereocenters. The SMILES string of the molecule is CCN(Cc1ccc(S(=O)(=O)O)cc1)c1ccc(C(=C2C=CC(=[N+](CC)Cc3ccc(S(=O)(=O)O)cc3)C=C2)c2ccc(O)cc2S(=O)(=O)O)cc1.[OH-]. The zero-order valence-electron chi connectivity index (χ0n) is 28.6. The van der Waals surface area contributed by atoms with Crippen LogP contribution in [0.4, 0.5) is 5.69 Å². The minimum absolute atomic E-state index is 0. The Morgan fingerprint density at radius 3 is 1.66 bits per heavy atom. The molecule has 1 aliphatic carbocycles. The second-order valence-electron chi connectivity index (χ2n) is 11.9. The van der Waals surface area contributed by atoms with E-state index in [4.69, 9.17) is 0 Å². The molecule has 0 unspecified atom stereocenters. The Balaban J connectivity index is 0.00000627. The second-order valence-corrected chi connectivity index (χ2v) is 16.1. The summed E-state index contributed by atoms with van der Waals surface area (Å²) in [6.07, 6.45) is 7.36. The third-order valence-corrected chi connectivity index (χ3v) is 11.1. The number of anilines is 1. The van der Waals surface area contributed by atoms with Gasteiger partial charge in [-0.2, -0.15) is 25.3 Å². The lowest BCUT2D eigenvalue weighted by Crippen LogP contribution is -2.22. The first-order valence-corrected chi connectivity index (χ1v) is 20.3. The number of phenols is 1. The second kappa shape index (κ2) is 16.4. The molecule has 0 radical (unpaired) electrons. The number of aromatic hydroxyl groups is 1. The van der Waals surface area contributed by atoms with Crippen molar-refractivity contribution in [3.63, 3.8) is 0 Å². The molecule has 0 heterocycles. The van der Waals surface area contributed by atoms with E-state index in [9.17, 15) is 44.0 Å². The van der Waals surface area contributed by atoms with Crippen LogP contribution in [-0.4, -0.2) is 72.9 Å². The van der Waals surface area contributed by atoms with Gasteiger partial charge in [-0.25, -0.2) is 4.58 Å². The summed E-state index contributed by atoms with van der Waals surface area (Å²) >= 11 is 0. The molecule has 0 amide bonds. The first-order valence-electron chi connectivity index (χ1n) is 16.0. The lowest BCUT2D eigenvalue weighted by molar-refractivity contribution is -0.539. The Morgan fingerprint density at radius 1 is 0.660 bits per heavy atom. The van der Waals surface area contributed by atoms with Crippen LogP contribution in [0.5, 0.6) is 5.75 Å². The van der Waals surface area contributed by atoms with Crippen LogP contribution >= 0.6 is 0 Å². The van der Waals surface area contributed by atoms with Crippen molar-refractivity contribution in [1.82, 2.24) is 0 Å². The van der Waals surface area contributed by atoms with Gasteiger partial charge in [-0.15, -0.1) is 0 Å². The number of allylic oxidation sites excluding steroid dienone is 5.